The molecule has 31 heavy (non-hydrogen) atoms. The maximum absolute atomic E-state index is 5.66. The summed E-state index contributed by atoms with van der Waals surface area (Å²) < 4.78 is 16.5. The van der Waals surface area contributed by atoms with Crippen LogP contribution in [0.4, 0.5) is 0 Å². The fourth-order valence-electron chi connectivity index (χ4n) is 3.58. The first-order chi connectivity index (χ1) is 14.4. The molecule has 178 valence electrons. The van der Waals surface area contributed by atoms with Crippen molar-refractivity contribution in [2.24, 2.45) is 10.4 Å². The minimum absolute atomic E-state index is 0. The molecule has 8 heteroatoms. The van der Waals surface area contributed by atoms with E-state index < -0.39 is 0 Å². The highest BCUT2D eigenvalue weighted by Gasteiger charge is 2.25. The number of aliphatic imine (C=N–C) groups is 1. The first kappa shape index (κ1) is 27.9. The maximum atomic E-state index is 5.66. The molecule has 2 atom stereocenters. The van der Waals surface area contributed by atoms with Crippen LogP contribution in [0.15, 0.2) is 29.3 Å². The Bertz CT molecular complexity index is 643. The van der Waals surface area contributed by atoms with E-state index in [4.69, 9.17) is 19.2 Å². The highest BCUT2D eigenvalue weighted by molar-refractivity contribution is 14.0. The molecule has 0 radical (unpaired) electrons. The molecule has 2 N–H and O–H groups in total. The zero-order valence-electron chi connectivity index (χ0n) is 19.9. The number of morpholine rings is 1. The number of hydrogen-bond acceptors (Lipinski definition) is 5. The number of rotatable bonds is 9. The van der Waals surface area contributed by atoms with Gasteiger partial charge in [0.25, 0.3) is 0 Å². The van der Waals surface area contributed by atoms with Crippen LogP contribution in [-0.2, 0) is 9.47 Å². The quantitative estimate of drug-likeness (QED) is 0.281. The molecule has 1 heterocycles. The molecule has 0 spiro atoms. The van der Waals surface area contributed by atoms with Crippen molar-refractivity contribution in [3.63, 3.8) is 0 Å². The van der Waals surface area contributed by atoms with Crippen LogP contribution in [0, 0.1) is 5.41 Å². The van der Waals surface area contributed by atoms with Crippen LogP contribution in [0.2, 0.25) is 0 Å². The second-order valence-electron chi connectivity index (χ2n) is 8.63. The predicted molar refractivity (Wildman–Crippen MR) is 138 cm³/mol. The molecular weight excluding hydrogens is 507 g/mol. The standard InChI is InChI=1S/C23H40N4O3.HI/c1-7-24-22(26-17-21(29-6)23(2,3)4)25-16-20(27-12-14-30-15-13-27)18-8-10-19(28-5)11-9-18;/h8-11,20-21H,7,12-17H2,1-6H3,(H2,24,25,26);1H. The van der Waals surface area contributed by atoms with Crippen molar-refractivity contribution in [2.75, 3.05) is 60.2 Å². The van der Waals surface area contributed by atoms with Gasteiger partial charge in [0.2, 0.25) is 0 Å². The van der Waals surface area contributed by atoms with Gasteiger partial charge in [-0.25, -0.2) is 0 Å². The van der Waals surface area contributed by atoms with Gasteiger partial charge in [0.1, 0.15) is 5.75 Å². The molecule has 1 aromatic rings. The lowest BCUT2D eigenvalue weighted by Gasteiger charge is -2.35. The lowest BCUT2D eigenvalue weighted by Crippen LogP contribution is -2.46. The Hall–Kier alpha value is -1.10. The van der Waals surface area contributed by atoms with Crippen LogP contribution in [-0.4, -0.2) is 77.1 Å². The average Bonchev–Trinajstić information content (AvgIpc) is 2.74. The number of benzene rings is 1. The van der Waals surface area contributed by atoms with E-state index in [-0.39, 0.29) is 41.5 Å². The summed E-state index contributed by atoms with van der Waals surface area (Å²) in [7, 11) is 3.45. The lowest BCUT2D eigenvalue weighted by atomic mass is 9.89. The largest absolute Gasteiger partial charge is 0.497 e. The van der Waals surface area contributed by atoms with E-state index in [1.807, 2.05) is 12.1 Å². The summed E-state index contributed by atoms with van der Waals surface area (Å²) in [5.41, 5.74) is 1.29. The van der Waals surface area contributed by atoms with Gasteiger partial charge in [-0.15, -0.1) is 24.0 Å². The molecule has 0 bridgehead atoms. The Morgan fingerprint density at radius 3 is 2.29 bits per heavy atom. The van der Waals surface area contributed by atoms with Gasteiger partial charge >= 0.3 is 0 Å². The number of nitrogens with zero attached hydrogens (tertiary/aromatic N) is 2. The maximum Gasteiger partial charge on any atom is 0.191 e. The van der Waals surface area contributed by atoms with Crippen molar-refractivity contribution >= 4 is 29.9 Å². The van der Waals surface area contributed by atoms with E-state index in [0.29, 0.717) is 6.54 Å². The average molecular weight is 549 g/mol. The second-order valence-corrected chi connectivity index (χ2v) is 8.63. The molecule has 1 aliphatic heterocycles. The minimum Gasteiger partial charge on any atom is -0.497 e. The van der Waals surface area contributed by atoms with Gasteiger partial charge < -0.3 is 24.8 Å². The first-order valence-corrected chi connectivity index (χ1v) is 10.9. The number of hydrogen-bond donors (Lipinski definition) is 2. The molecule has 1 saturated heterocycles. The monoisotopic (exact) mass is 548 g/mol. The topological polar surface area (TPSA) is 67.4 Å². The van der Waals surface area contributed by atoms with Crippen molar-refractivity contribution in [3.8, 4) is 5.75 Å². The Morgan fingerprint density at radius 2 is 1.77 bits per heavy atom. The summed E-state index contributed by atoms with van der Waals surface area (Å²) in [6, 6.07) is 8.56. The molecule has 0 amide bonds. The highest BCUT2D eigenvalue weighted by atomic mass is 127. The van der Waals surface area contributed by atoms with Gasteiger partial charge in [0.15, 0.2) is 5.96 Å². The lowest BCUT2D eigenvalue weighted by molar-refractivity contribution is 0.0169. The van der Waals surface area contributed by atoms with Crippen molar-refractivity contribution in [1.29, 1.82) is 0 Å². The highest BCUT2D eigenvalue weighted by Crippen LogP contribution is 2.24. The fraction of sp³-hybridized carbons (Fsp3) is 0.696. The molecular formula is C23H41IN4O3. The van der Waals surface area contributed by atoms with Crippen molar-refractivity contribution < 1.29 is 14.2 Å². The van der Waals surface area contributed by atoms with E-state index in [9.17, 15) is 0 Å². The summed E-state index contributed by atoms with van der Waals surface area (Å²) in [5.74, 6) is 1.69. The number of methoxy groups -OCH3 is 2. The third-order valence-electron chi connectivity index (χ3n) is 5.46. The molecule has 0 saturated carbocycles. The first-order valence-electron chi connectivity index (χ1n) is 10.9. The van der Waals surface area contributed by atoms with Crippen molar-refractivity contribution in [3.05, 3.63) is 29.8 Å². The number of guanidine groups is 1. The molecule has 7 nitrogen and oxygen atoms in total. The van der Waals surface area contributed by atoms with Crippen LogP contribution >= 0.6 is 24.0 Å². The number of nitrogens with one attached hydrogen (secondary N) is 2. The van der Waals surface area contributed by atoms with Crippen LogP contribution in [0.25, 0.3) is 0 Å². The summed E-state index contributed by atoms with van der Waals surface area (Å²) in [5, 5.41) is 6.91. The Kier molecular flexibility index (Phi) is 12.7. The van der Waals surface area contributed by atoms with Gasteiger partial charge in [0.05, 0.1) is 39.0 Å². The minimum atomic E-state index is 0. The SMILES string of the molecule is CCNC(=NCC(OC)C(C)(C)C)NCC(c1ccc(OC)cc1)N1CCOCC1.I. The van der Waals surface area contributed by atoms with E-state index in [2.05, 4.69) is 55.4 Å². The summed E-state index contributed by atoms with van der Waals surface area (Å²) in [6.45, 7) is 14.2. The van der Waals surface area contributed by atoms with E-state index in [1.54, 1.807) is 14.2 Å². The van der Waals surface area contributed by atoms with Crippen LogP contribution in [0.3, 0.4) is 0 Å². The van der Waals surface area contributed by atoms with Crippen molar-refractivity contribution in [1.82, 2.24) is 15.5 Å². The van der Waals surface area contributed by atoms with Gasteiger partial charge in [-0.1, -0.05) is 32.9 Å². The van der Waals surface area contributed by atoms with Gasteiger partial charge in [-0.3, -0.25) is 9.89 Å². The van der Waals surface area contributed by atoms with Gasteiger partial charge in [-0.05, 0) is 30.0 Å². The zero-order valence-corrected chi connectivity index (χ0v) is 22.3. The van der Waals surface area contributed by atoms with E-state index in [0.717, 1.165) is 51.1 Å². The Labute approximate surface area is 205 Å². The summed E-state index contributed by atoms with van der Waals surface area (Å²) in [4.78, 5) is 7.26. The van der Waals surface area contributed by atoms with E-state index in [1.165, 1.54) is 5.56 Å². The van der Waals surface area contributed by atoms with Crippen LogP contribution in [0.1, 0.15) is 39.3 Å². The van der Waals surface area contributed by atoms with Crippen LogP contribution in [0.5, 0.6) is 5.75 Å². The Morgan fingerprint density at radius 1 is 1.13 bits per heavy atom. The normalized spacial score (nSPS) is 17.4. The van der Waals surface area contributed by atoms with Gasteiger partial charge in [-0.2, -0.15) is 0 Å². The molecule has 2 unspecified atom stereocenters. The molecule has 1 aromatic carbocycles. The predicted octanol–water partition coefficient (Wildman–Crippen LogP) is 3.30. The third kappa shape index (κ3) is 9.11. The summed E-state index contributed by atoms with van der Waals surface area (Å²) >= 11 is 0. The number of halogens is 1. The Balaban J connectivity index is 0.00000480. The number of ether oxygens (including phenoxy) is 3. The second kappa shape index (κ2) is 14.1. The fourth-order valence-corrected chi connectivity index (χ4v) is 3.58. The van der Waals surface area contributed by atoms with Crippen LogP contribution < -0.4 is 15.4 Å². The summed E-state index contributed by atoms with van der Waals surface area (Å²) in [6.07, 6.45) is 0.0598. The molecule has 0 aromatic heterocycles. The molecule has 0 aliphatic carbocycles. The van der Waals surface area contributed by atoms with Crippen molar-refractivity contribution in [2.45, 2.75) is 39.8 Å². The van der Waals surface area contributed by atoms with E-state index >= 15 is 0 Å². The molecule has 1 fully saturated rings. The molecule has 1 aliphatic rings. The smallest absolute Gasteiger partial charge is 0.191 e. The molecule has 2 rings (SSSR count). The van der Waals surface area contributed by atoms with Gasteiger partial charge in [0, 0.05) is 33.3 Å². The zero-order chi connectivity index (χ0) is 22.0. The third-order valence-corrected chi connectivity index (χ3v) is 5.46.